The van der Waals surface area contributed by atoms with Crippen LogP contribution in [0.2, 0.25) is 0 Å². The van der Waals surface area contributed by atoms with E-state index in [-0.39, 0.29) is 19.3 Å². The fraction of sp³-hybridized carbons (Fsp3) is 0.333. The average molecular weight is 367 g/mol. The van der Waals surface area contributed by atoms with Crippen molar-refractivity contribution in [1.82, 2.24) is 0 Å². The van der Waals surface area contributed by atoms with Gasteiger partial charge in [-0.1, -0.05) is 0 Å². The maximum atomic E-state index is 13.3. The highest BCUT2D eigenvalue weighted by molar-refractivity contribution is 6.10. The molecule has 0 saturated heterocycles. The van der Waals surface area contributed by atoms with E-state index < -0.39 is 51.6 Å². The highest BCUT2D eigenvalue weighted by Crippen LogP contribution is 2.36. The Hall–Kier alpha value is -2.52. The Morgan fingerprint density at radius 3 is 1.88 bits per heavy atom. The topological polar surface area (TPSA) is 57.6 Å². The number of aliphatic carboxylic acids is 1. The van der Waals surface area contributed by atoms with Crippen molar-refractivity contribution in [3.8, 4) is 0 Å². The number of carbonyl (C=O) groups is 2. The Labute approximate surface area is 137 Å². The molecule has 0 radical (unpaired) electrons. The second-order valence-electron chi connectivity index (χ2n) is 5.27. The third kappa shape index (κ3) is 3.94. The molecule has 1 amide bonds. The summed E-state index contributed by atoms with van der Waals surface area (Å²) < 4.78 is 77.4. The predicted molar refractivity (Wildman–Crippen MR) is 73.5 cm³/mol. The maximum Gasteiger partial charge on any atom is 0.491 e. The molecule has 1 aliphatic carbocycles. The Balaban J connectivity index is 2.46. The minimum Gasteiger partial charge on any atom is -0.478 e. The maximum absolute atomic E-state index is 13.3. The second kappa shape index (κ2) is 6.41. The van der Waals surface area contributed by atoms with Crippen LogP contribution >= 0.6 is 0 Å². The molecule has 1 N–H and O–H groups in total. The van der Waals surface area contributed by atoms with Gasteiger partial charge in [-0.2, -0.15) is 13.2 Å². The Kier molecular flexibility index (Phi) is 4.83. The minimum atomic E-state index is -5.23. The third-order valence-corrected chi connectivity index (χ3v) is 3.64. The summed E-state index contributed by atoms with van der Waals surface area (Å²) in [6.45, 7) is 0. The molecule has 0 aromatic heterocycles. The number of carboxylic acid groups (broad SMARTS) is 1. The summed E-state index contributed by atoms with van der Waals surface area (Å²) >= 11 is 0. The molecule has 1 aliphatic rings. The first kappa shape index (κ1) is 18.8. The molecule has 0 fully saturated rings. The monoisotopic (exact) mass is 367 g/mol. The molecule has 25 heavy (non-hydrogen) atoms. The van der Waals surface area contributed by atoms with Crippen molar-refractivity contribution in [3.63, 3.8) is 0 Å². The number of nitrogens with zero attached hydrogens (tertiary/aromatic N) is 1. The highest BCUT2D eigenvalue weighted by Gasteiger charge is 2.45. The van der Waals surface area contributed by atoms with Gasteiger partial charge in [-0.25, -0.2) is 9.69 Å². The smallest absolute Gasteiger partial charge is 0.478 e. The molecule has 0 aliphatic heterocycles. The average Bonchev–Trinajstić information content (AvgIpc) is 2.95. The Bertz CT molecular complexity index is 718. The molecule has 0 heterocycles. The summed E-state index contributed by atoms with van der Waals surface area (Å²) in [5, 5.41) is 8.98. The number of carbonyl (C=O) groups excluding carboxylic acids is 1. The lowest BCUT2D eigenvalue weighted by atomic mass is 10.1. The summed E-state index contributed by atoms with van der Waals surface area (Å²) in [5.41, 5.74) is -2.90. The normalized spacial score (nSPS) is 15.4. The van der Waals surface area contributed by atoms with Gasteiger partial charge >= 0.3 is 18.4 Å². The fourth-order valence-electron chi connectivity index (χ4n) is 2.53. The molecule has 2 rings (SSSR count). The van der Waals surface area contributed by atoms with E-state index in [0.29, 0.717) is 24.3 Å². The quantitative estimate of drug-likeness (QED) is 0.646. The summed E-state index contributed by atoms with van der Waals surface area (Å²) in [4.78, 5) is 22.7. The number of alkyl halides is 6. The Morgan fingerprint density at radius 2 is 1.44 bits per heavy atom. The standard InChI is InChI=1S/C15H11F6NO3/c16-14(17,18)8-4-6-9(7-5-8)22(15(19,20)21)12(23)10-2-1-3-11(10)13(24)25/h4-7H,1-3H2,(H,24,25). The lowest BCUT2D eigenvalue weighted by Crippen LogP contribution is -2.44. The number of carboxylic acids is 1. The first-order valence-electron chi connectivity index (χ1n) is 6.97. The molecule has 10 heteroatoms. The number of hydrogen-bond acceptors (Lipinski definition) is 2. The van der Waals surface area contributed by atoms with Crippen molar-refractivity contribution in [2.75, 3.05) is 4.90 Å². The van der Waals surface area contributed by atoms with E-state index in [0.717, 1.165) is 0 Å². The molecule has 0 atom stereocenters. The van der Waals surface area contributed by atoms with E-state index in [1.165, 1.54) is 0 Å². The number of rotatable bonds is 3. The fourth-order valence-corrected chi connectivity index (χ4v) is 2.53. The lowest BCUT2D eigenvalue weighted by Gasteiger charge is -2.26. The number of anilines is 1. The number of amides is 1. The Morgan fingerprint density at radius 1 is 0.920 bits per heavy atom. The van der Waals surface area contributed by atoms with Crippen LogP contribution < -0.4 is 4.90 Å². The van der Waals surface area contributed by atoms with E-state index in [1.54, 1.807) is 0 Å². The molecular weight excluding hydrogens is 356 g/mol. The van der Waals surface area contributed by atoms with Crippen molar-refractivity contribution >= 4 is 17.6 Å². The van der Waals surface area contributed by atoms with Crippen LogP contribution in [0.1, 0.15) is 24.8 Å². The van der Waals surface area contributed by atoms with Crippen LogP contribution in [0.25, 0.3) is 0 Å². The number of benzene rings is 1. The van der Waals surface area contributed by atoms with E-state index in [9.17, 15) is 35.9 Å². The van der Waals surface area contributed by atoms with Crippen molar-refractivity contribution in [2.24, 2.45) is 0 Å². The van der Waals surface area contributed by atoms with Crippen LogP contribution in [-0.4, -0.2) is 23.3 Å². The molecule has 0 bridgehead atoms. The van der Waals surface area contributed by atoms with Gasteiger partial charge < -0.3 is 5.11 Å². The number of halogens is 6. The van der Waals surface area contributed by atoms with Gasteiger partial charge in [0, 0.05) is 11.1 Å². The van der Waals surface area contributed by atoms with Crippen LogP contribution in [-0.2, 0) is 15.8 Å². The van der Waals surface area contributed by atoms with Crippen LogP contribution in [0.3, 0.4) is 0 Å². The van der Waals surface area contributed by atoms with Gasteiger partial charge in [-0.3, -0.25) is 4.79 Å². The van der Waals surface area contributed by atoms with Crippen molar-refractivity contribution in [3.05, 3.63) is 41.0 Å². The zero-order chi connectivity index (χ0) is 19.0. The van der Waals surface area contributed by atoms with Crippen LogP contribution in [0.15, 0.2) is 35.4 Å². The van der Waals surface area contributed by atoms with Gasteiger partial charge in [0.05, 0.1) is 11.3 Å². The van der Waals surface area contributed by atoms with Crippen molar-refractivity contribution in [2.45, 2.75) is 31.7 Å². The van der Waals surface area contributed by atoms with Gasteiger partial charge in [-0.05, 0) is 43.5 Å². The van der Waals surface area contributed by atoms with Crippen molar-refractivity contribution < 1.29 is 41.0 Å². The van der Waals surface area contributed by atoms with Gasteiger partial charge in [0.1, 0.15) is 0 Å². The molecule has 1 aromatic rings. The zero-order valence-electron chi connectivity index (χ0n) is 12.4. The molecule has 4 nitrogen and oxygen atoms in total. The zero-order valence-corrected chi connectivity index (χ0v) is 12.4. The van der Waals surface area contributed by atoms with Crippen LogP contribution in [0.4, 0.5) is 32.0 Å². The number of hydrogen-bond donors (Lipinski definition) is 1. The van der Waals surface area contributed by atoms with Gasteiger partial charge in [0.25, 0.3) is 5.91 Å². The van der Waals surface area contributed by atoms with Gasteiger partial charge in [0.15, 0.2) is 0 Å². The summed E-state index contributed by atoms with van der Waals surface area (Å²) in [6.07, 6.45) is -9.95. The SMILES string of the molecule is O=C(O)C1=C(C(=O)N(c2ccc(C(F)(F)F)cc2)C(F)(F)F)CCC1. The summed E-state index contributed by atoms with van der Waals surface area (Å²) in [6, 6.07) is 1.87. The lowest BCUT2D eigenvalue weighted by molar-refractivity contribution is -0.148. The summed E-state index contributed by atoms with van der Waals surface area (Å²) in [7, 11) is 0. The van der Waals surface area contributed by atoms with E-state index in [1.807, 2.05) is 0 Å². The minimum absolute atomic E-state index is 0.0465. The molecule has 1 aromatic carbocycles. The van der Waals surface area contributed by atoms with Gasteiger partial charge in [-0.15, -0.1) is 13.2 Å². The molecular formula is C15H11F6NO3. The molecule has 0 spiro atoms. The van der Waals surface area contributed by atoms with Crippen LogP contribution in [0, 0.1) is 0 Å². The second-order valence-corrected chi connectivity index (χ2v) is 5.27. The highest BCUT2D eigenvalue weighted by atomic mass is 19.4. The molecule has 0 saturated carbocycles. The first-order valence-corrected chi connectivity index (χ1v) is 6.97. The first-order chi connectivity index (χ1) is 11.4. The summed E-state index contributed by atoms with van der Waals surface area (Å²) in [5.74, 6) is -3.09. The predicted octanol–water partition coefficient (Wildman–Crippen LogP) is 4.12. The third-order valence-electron chi connectivity index (χ3n) is 3.64. The van der Waals surface area contributed by atoms with E-state index >= 15 is 0 Å². The van der Waals surface area contributed by atoms with Crippen molar-refractivity contribution in [1.29, 1.82) is 0 Å². The van der Waals surface area contributed by atoms with Crippen LogP contribution in [0.5, 0.6) is 0 Å². The van der Waals surface area contributed by atoms with E-state index in [4.69, 9.17) is 5.11 Å². The molecule has 136 valence electrons. The van der Waals surface area contributed by atoms with E-state index in [2.05, 4.69) is 0 Å². The van der Waals surface area contributed by atoms with Gasteiger partial charge in [0.2, 0.25) is 0 Å². The largest absolute Gasteiger partial charge is 0.491 e. The molecule has 0 unspecified atom stereocenters.